The Hall–Kier alpha value is -1.86. The largest absolute Gasteiger partial charge is 0.423 e. The number of carbonyl (C=O) groups excluding carboxylic acids is 1. The van der Waals surface area contributed by atoms with Crippen LogP contribution in [-0.4, -0.2) is 23.7 Å². The molecule has 0 saturated heterocycles. The summed E-state index contributed by atoms with van der Waals surface area (Å²) >= 11 is 3.16. The van der Waals surface area contributed by atoms with E-state index in [0.717, 1.165) is 12.1 Å². The minimum Gasteiger partial charge on any atom is -0.375 e. The number of benzene rings is 2. The minimum absolute atomic E-state index is 0.185. The van der Waals surface area contributed by atoms with E-state index in [2.05, 4.69) is 21.2 Å². The van der Waals surface area contributed by atoms with Gasteiger partial charge in [0.1, 0.15) is 0 Å². The molecule has 1 amide bonds. The Balaban J connectivity index is 2.24. The van der Waals surface area contributed by atoms with Crippen molar-refractivity contribution < 1.29 is 23.1 Å². The Morgan fingerprint density at radius 1 is 1.04 bits per heavy atom. The predicted molar refractivity (Wildman–Crippen MR) is 82.9 cm³/mol. The third kappa shape index (κ3) is 3.73. The molecule has 0 aliphatic rings. The van der Waals surface area contributed by atoms with Crippen LogP contribution in [-0.2, 0) is 5.60 Å². The summed E-state index contributed by atoms with van der Waals surface area (Å²) in [5.74, 6) is -0.712. The predicted octanol–water partition coefficient (Wildman–Crippen LogP) is 3.63. The first-order valence-corrected chi connectivity index (χ1v) is 7.42. The first kappa shape index (κ1) is 17.5. The highest BCUT2D eigenvalue weighted by Crippen LogP contribution is 2.38. The molecule has 0 aromatic heterocycles. The molecule has 2 N–H and O–H groups in total. The van der Waals surface area contributed by atoms with E-state index in [0.29, 0.717) is 4.47 Å². The Bertz CT molecular complexity index is 691. The molecule has 2 rings (SSSR count). The molecule has 0 aliphatic heterocycles. The van der Waals surface area contributed by atoms with Gasteiger partial charge in [-0.2, -0.15) is 13.2 Å². The van der Waals surface area contributed by atoms with Crippen LogP contribution in [0.15, 0.2) is 59.1 Å². The van der Waals surface area contributed by atoms with Gasteiger partial charge >= 0.3 is 6.18 Å². The van der Waals surface area contributed by atoms with Crippen molar-refractivity contribution in [3.05, 3.63) is 70.2 Å². The topological polar surface area (TPSA) is 49.3 Å². The van der Waals surface area contributed by atoms with E-state index in [1.54, 1.807) is 24.3 Å². The monoisotopic (exact) mass is 387 g/mol. The highest BCUT2D eigenvalue weighted by Gasteiger charge is 2.55. The van der Waals surface area contributed by atoms with Gasteiger partial charge in [-0.1, -0.05) is 42.5 Å². The Morgan fingerprint density at radius 3 is 2.17 bits per heavy atom. The van der Waals surface area contributed by atoms with Gasteiger partial charge in [-0.15, -0.1) is 0 Å². The Morgan fingerprint density at radius 2 is 1.61 bits per heavy atom. The van der Waals surface area contributed by atoms with E-state index >= 15 is 0 Å². The molecule has 0 heterocycles. The van der Waals surface area contributed by atoms with Crippen LogP contribution in [0.2, 0.25) is 0 Å². The molecule has 0 saturated carbocycles. The molecule has 0 radical (unpaired) electrons. The van der Waals surface area contributed by atoms with Gasteiger partial charge in [0.15, 0.2) is 0 Å². The van der Waals surface area contributed by atoms with E-state index in [9.17, 15) is 23.1 Å². The van der Waals surface area contributed by atoms with Crippen molar-refractivity contribution in [2.24, 2.45) is 0 Å². The van der Waals surface area contributed by atoms with Crippen LogP contribution in [0.3, 0.4) is 0 Å². The molecule has 0 bridgehead atoms. The zero-order valence-corrected chi connectivity index (χ0v) is 13.4. The fourth-order valence-electron chi connectivity index (χ4n) is 2.03. The number of rotatable bonds is 4. The lowest BCUT2D eigenvalue weighted by Crippen LogP contribution is -2.51. The summed E-state index contributed by atoms with van der Waals surface area (Å²) in [5, 5.41) is 12.3. The molecule has 1 unspecified atom stereocenters. The normalized spacial score (nSPS) is 14.1. The van der Waals surface area contributed by atoms with Gasteiger partial charge in [0.2, 0.25) is 5.60 Å². The minimum atomic E-state index is -4.93. The van der Waals surface area contributed by atoms with Crippen molar-refractivity contribution in [2.75, 3.05) is 6.54 Å². The van der Waals surface area contributed by atoms with Gasteiger partial charge in [0.05, 0.1) is 12.1 Å². The fraction of sp³-hybridized carbons (Fsp3) is 0.188. The maximum atomic E-state index is 13.3. The summed E-state index contributed by atoms with van der Waals surface area (Å²) in [6, 6.07) is 13.0. The van der Waals surface area contributed by atoms with E-state index in [1.807, 2.05) is 0 Å². The van der Waals surface area contributed by atoms with Crippen molar-refractivity contribution in [1.82, 2.24) is 5.32 Å². The number of nitrogens with one attached hydrogen (secondary N) is 1. The molecule has 0 spiro atoms. The molecule has 1 atom stereocenters. The highest BCUT2D eigenvalue weighted by molar-refractivity contribution is 9.10. The lowest BCUT2D eigenvalue weighted by Gasteiger charge is -2.31. The molecule has 122 valence electrons. The Labute approximate surface area is 139 Å². The standard InChI is InChI=1S/C16H13BrF3NO2/c17-13-9-5-4-8-12(13)14(22)21-10-15(23,16(18,19)20)11-6-2-1-3-7-11/h1-9,23H,10H2,(H,21,22). The molecular formula is C16H13BrF3NO2. The Kier molecular flexibility index (Phi) is 5.11. The smallest absolute Gasteiger partial charge is 0.375 e. The third-order valence-electron chi connectivity index (χ3n) is 3.34. The average molecular weight is 388 g/mol. The third-order valence-corrected chi connectivity index (χ3v) is 4.04. The zero-order chi connectivity index (χ0) is 17.1. The van der Waals surface area contributed by atoms with Gasteiger partial charge in [0.25, 0.3) is 5.91 Å². The maximum absolute atomic E-state index is 13.3. The molecule has 2 aromatic carbocycles. The average Bonchev–Trinajstić information content (AvgIpc) is 2.52. The SMILES string of the molecule is O=C(NCC(O)(c1ccccc1)C(F)(F)F)c1ccccc1Br. The number of hydrogen-bond donors (Lipinski definition) is 2. The molecule has 3 nitrogen and oxygen atoms in total. The van der Waals surface area contributed by atoms with Gasteiger partial charge in [-0.05, 0) is 33.6 Å². The highest BCUT2D eigenvalue weighted by atomic mass is 79.9. The fourth-order valence-corrected chi connectivity index (χ4v) is 2.49. The van der Waals surface area contributed by atoms with E-state index < -0.39 is 24.2 Å². The summed E-state index contributed by atoms with van der Waals surface area (Å²) in [6.07, 6.45) is -4.93. The molecule has 0 fully saturated rings. The zero-order valence-electron chi connectivity index (χ0n) is 11.8. The number of alkyl halides is 3. The van der Waals surface area contributed by atoms with Gasteiger partial charge in [-0.3, -0.25) is 4.79 Å². The molecule has 7 heteroatoms. The van der Waals surface area contributed by atoms with Crippen molar-refractivity contribution in [3.8, 4) is 0 Å². The maximum Gasteiger partial charge on any atom is 0.423 e. The van der Waals surface area contributed by atoms with Crippen LogP contribution in [0.5, 0.6) is 0 Å². The van der Waals surface area contributed by atoms with Crippen LogP contribution < -0.4 is 5.32 Å². The van der Waals surface area contributed by atoms with Crippen LogP contribution in [0.1, 0.15) is 15.9 Å². The summed E-state index contributed by atoms with van der Waals surface area (Å²) in [7, 11) is 0. The quantitative estimate of drug-likeness (QED) is 0.841. The van der Waals surface area contributed by atoms with E-state index in [4.69, 9.17) is 0 Å². The lowest BCUT2D eigenvalue weighted by molar-refractivity contribution is -0.263. The summed E-state index contributed by atoms with van der Waals surface area (Å²) in [4.78, 5) is 12.1. The second-order valence-electron chi connectivity index (χ2n) is 4.89. The van der Waals surface area contributed by atoms with Gasteiger partial charge < -0.3 is 10.4 Å². The van der Waals surface area contributed by atoms with Crippen molar-refractivity contribution in [2.45, 2.75) is 11.8 Å². The summed E-state index contributed by atoms with van der Waals surface area (Å²) in [5.41, 5.74) is -3.31. The number of carbonyl (C=O) groups is 1. The lowest BCUT2D eigenvalue weighted by atomic mass is 9.93. The van der Waals surface area contributed by atoms with E-state index in [-0.39, 0.29) is 11.1 Å². The van der Waals surface area contributed by atoms with Crippen LogP contribution in [0.25, 0.3) is 0 Å². The van der Waals surface area contributed by atoms with E-state index in [1.165, 1.54) is 18.2 Å². The van der Waals surface area contributed by atoms with Crippen molar-refractivity contribution >= 4 is 21.8 Å². The second kappa shape index (κ2) is 6.72. The summed E-state index contributed by atoms with van der Waals surface area (Å²) in [6.45, 7) is -0.985. The number of hydrogen-bond acceptors (Lipinski definition) is 2. The van der Waals surface area contributed by atoms with Crippen LogP contribution >= 0.6 is 15.9 Å². The summed E-state index contributed by atoms with van der Waals surface area (Å²) < 4.78 is 40.4. The van der Waals surface area contributed by atoms with Gasteiger partial charge in [-0.25, -0.2) is 0 Å². The number of halogens is 4. The molecule has 0 aliphatic carbocycles. The first-order chi connectivity index (χ1) is 10.8. The van der Waals surface area contributed by atoms with Crippen molar-refractivity contribution in [3.63, 3.8) is 0 Å². The van der Waals surface area contributed by atoms with Crippen LogP contribution in [0.4, 0.5) is 13.2 Å². The van der Waals surface area contributed by atoms with Crippen LogP contribution in [0, 0.1) is 0 Å². The molecule has 2 aromatic rings. The van der Waals surface area contributed by atoms with Crippen molar-refractivity contribution in [1.29, 1.82) is 0 Å². The number of aliphatic hydroxyl groups is 1. The molecular weight excluding hydrogens is 375 g/mol. The first-order valence-electron chi connectivity index (χ1n) is 6.63. The number of amides is 1. The molecule has 23 heavy (non-hydrogen) atoms. The second-order valence-corrected chi connectivity index (χ2v) is 5.74. The van der Waals surface area contributed by atoms with Gasteiger partial charge in [0, 0.05) is 4.47 Å².